The Morgan fingerprint density at radius 1 is 1.54 bits per heavy atom. The fraction of sp³-hybridized carbons (Fsp3) is 0.545. The molecule has 13 heavy (non-hydrogen) atoms. The number of hydrogen-bond donors (Lipinski definition) is 1. The van der Waals surface area contributed by atoms with Crippen LogP contribution in [0.1, 0.15) is 30.9 Å². The third kappa shape index (κ3) is 1.46. The van der Waals surface area contributed by atoms with Crippen molar-refractivity contribution in [3.8, 4) is 0 Å². The molecular formula is C11H15NO. The fourth-order valence-corrected chi connectivity index (χ4v) is 1.86. The van der Waals surface area contributed by atoms with Gasteiger partial charge in [-0.1, -0.05) is 0 Å². The van der Waals surface area contributed by atoms with Crippen molar-refractivity contribution in [3.05, 3.63) is 29.6 Å². The summed E-state index contributed by atoms with van der Waals surface area (Å²) in [6.07, 6.45) is 5.83. The largest absolute Gasteiger partial charge is 0.385 e. The molecule has 70 valence electrons. The summed E-state index contributed by atoms with van der Waals surface area (Å²) >= 11 is 0. The van der Waals surface area contributed by atoms with E-state index in [0.717, 1.165) is 24.0 Å². The first kappa shape index (κ1) is 8.70. The standard InChI is InChI=1S/C11H15NO/c1-8-5-6-12-7-10(8)11(2,13)9-3-4-9/h5-7,9,13H,3-4H2,1-2H3. The van der Waals surface area contributed by atoms with E-state index in [0.29, 0.717) is 5.92 Å². The van der Waals surface area contributed by atoms with Crippen molar-refractivity contribution < 1.29 is 5.11 Å². The molecule has 0 amide bonds. The maximum Gasteiger partial charge on any atom is 0.0913 e. The van der Waals surface area contributed by atoms with Crippen LogP contribution in [-0.4, -0.2) is 10.1 Å². The second-order valence-corrected chi connectivity index (χ2v) is 4.11. The summed E-state index contributed by atoms with van der Waals surface area (Å²) in [7, 11) is 0. The van der Waals surface area contributed by atoms with E-state index in [4.69, 9.17) is 0 Å². The highest BCUT2D eigenvalue weighted by atomic mass is 16.3. The predicted octanol–water partition coefficient (Wildman–Crippen LogP) is 2.01. The molecule has 1 heterocycles. The first-order chi connectivity index (χ1) is 6.12. The SMILES string of the molecule is Cc1ccncc1C(C)(O)C1CC1. The van der Waals surface area contributed by atoms with Crippen molar-refractivity contribution in [1.82, 2.24) is 4.98 Å². The topological polar surface area (TPSA) is 33.1 Å². The first-order valence-electron chi connectivity index (χ1n) is 4.76. The van der Waals surface area contributed by atoms with Crippen molar-refractivity contribution in [1.29, 1.82) is 0 Å². The van der Waals surface area contributed by atoms with Crippen LogP contribution in [0, 0.1) is 12.8 Å². The summed E-state index contributed by atoms with van der Waals surface area (Å²) in [4.78, 5) is 4.06. The summed E-state index contributed by atoms with van der Waals surface area (Å²) in [5, 5.41) is 10.3. The lowest BCUT2D eigenvalue weighted by atomic mass is 9.89. The summed E-state index contributed by atoms with van der Waals surface area (Å²) in [5.74, 6) is 0.440. The molecule has 1 aliphatic rings. The van der Waals surface area contributed by atoms with Gasteiger partial charge in [-0.3, -0.25) is 4.98 Å². The molecule has 2 heteroatoms. The monoisotopic (exact) mass is 177 g/mol. The van der Waals surface area contributed by atoms with Crippen LogP contribution in [-0.2, 0) is 5.60 Å². The fourth-order valence-electron chi connectivity index (χ4n) is 1.86. The maximum atomic E-state index is 10.3. The third-order valence-corrected chi connectivity index (χ3v) is 2.96. The highest BCUT2D eigenvalue weighted by Crippen LogP contribution is 2.45. The molecule has 1 saturated carbocycles. The number of pyridine rings is 1. The molecule has 2 nitrogen and oxygen atoms in total. The van der Waals surface area contributed by atoms with Crippen molar-refractivity contribution in [2.45, 2.75) is 32.3 Å². The predicted molar refractivity (Wildman–Crippen MR) is 51.3 cm³/mol. The van der Waals surface area contributed by atoms with Crippen molar-refractivity contribution >= 4 is 0 Å². The van der Waals surface area contributed by atoms with E-state index in [1.165, 1.54) is 0 Å². The molecule has 1 atom stereocenters. The normalized spacial score (nSPS) is 21.2. The number of hydrogen-bond acceptors (Lipinski definition) is 2. The van der Waals surface area contributed by atoms with Gasteiger partial charge in [-0.2, -0.15) is 0 Å². The Morgan fingerprint density at radius 2 is 2.23 bits per heavy atom. The van der Waals surface area contributed by atoms with Crippen LogP contribution in [0.3, 0.4) is 0 Å². The average Bonchev–Trinajstić information content (AvgIpc) is 2.86. The van der Waals surface area contributed by atoms with Gasteiger partial charge in [0.15, 0.2) is 0 Å². The molecule has 0 aliphatic heterocycles. The zero-order chi connectivity index (χ0) is 9.47. The zero-order valence-electron chi connectivity index (χ0n) is 8.12. The lowest BCUT2D eigenvalue weighted by Crippen LogP contribution is -2.25. The van der Waals surface area contributed by atoms with Crippen LogP contribution in [0.25, 0.3) is 0 Å². The molecule has 0 saturated heterocycles. The summed E-state index contributed by atoms with van der Waals surface area (Å²) in [6.45, 7) is 3.92. The second kappa shape index (κ2) is 2.81. The Kier molecular flexibility index (Phi) is 1.88. The second-order valence-electron chi connectivity index (χ2n) is 4.11. The minimum Gasteiger partial charge on any atom is -0.385 e. The number of aryl methyl sites for hydroxylation is 1. The summed E-state index contributed by atoms with van der Waals surface area (Å²) in [6, 6.07) is 1.95. The smallest absolute Gasteiger partial charge is 0.0913 e. The maximum absolute atomic E-state index is 10.3. The van der Waals surface area contributed by atoms with Crippen LogP contribution < -0.4 is 0 Å². The van der Waals surface area contributed by atoms with Gasteiger partial charge >= 0.3 is 0 Å². The molecule has 0 radical (unpaired) electrons. The van der Waals surface area contributed by atoms with Crippen molar-refractivity contribution in [3.63, 3.8) is 0 Å². The average molecular weight is 177 g/mol. The lowest BCUT2D eigenvalue weighted by Gasteiger charge is -2.24. The van der Waals surface area contributed by atoms with E-state index in [9.17, 15) is 5.11 Å². The van der Waals surface area contributed by atoms with E-state index < -0.39 is 5.60 Å². The lowest BCUT2D eigenvalue weighted by molar-refractivity contribution is 0.0321. The van der Waals surface area contributed by atoms with Gasteiger partial charge < -0.3 is 5.11 Å². The molecule has 1 N–H and O–H groups in total. The summed E-state index contributed by atoms with van der Waals surface area (Å²) in [5.41, 5.74) is 1.45. The Labute approximate surface area is 78.6 Å². The molecule has 1 aliphatic carbocycles. The van der Waals surface area contributed by atoms with E-state index in [2.05, 4.69) is 4.98 Å². The Bertz CT molecular complexity index is 316. The number of rotatable bonds is 2. The van der Waals surface area contributed by atoms with Crippen LogP contribution in [0.15, 0.2) is 18.5 Å². The first-order valence-corrected chi connectivity index (χ1v) is 4.76. The van der Waals surface area contributed by atoms with Crippen LogP contribution in [0.5, 0.6) is 0 Å². The van der Waals surface area contributed by atoms with Crippen molar-refractivity contribution in [2.75, 3.05) is 0 Å². The Balaban J connectivity index is 2.38. The highest BCUT2D eigenvalue weighted by molar-refractivity contribution is 5.29. The molecular weight excluding hydrogens is 162 g/mol. The van der Waals surface area contributed by atoms with E-state index >= 15 is 0 Å². The molecule has 1 fully saturated rings. The van der Waals surface area contributed by atoms with Crippen LogP contribution in [0.2, 0.25) is 0 Å². The quantitative estimate of drug-likeness (QED) is 0.749. The van der Waals surface area contributed by atoms with Gasteiger partial charge in [-0.05, 0) is 44.2 Å². The number of aliphatic hydroxyl groups is 1. The number of aromatic nitrogens is 1. The van der Waals surface area contributed by atoms with E-state index in [-0.39, 0.29) is 0 Å². The van der Waals surface area contributed by atoms with Gasteiger partial charge in [0.05, 0.1) is 5.60 Å². The van der Waals surface area contributed by atoms with Gasteiger partial charge in [0.2, 0.25) is 0 Å². The molecule has 0 bridgehead atoms. The highest BCUT2D eigenvalue weighted by Gasteiger charge is 2.41. The summed E-state index contributed by atoms with van der Waals surface area (Å²) < 4.78 is 0. The molecule has 2 rings (SSSR count). The van der Waals surface area contributed by atoms with E-state index in [1.807, 2.05) is 19.9 Å². The zero-order valence-corrected chi connectivity index (χ0v) is 8.12. The van der Waals surface area contributed by atoms with Crippen LogP contribution >= 0.6 is 0 Å². The minimum atomic E-state index is -0.668. The Hall–Kier alpha value is -0.890. The van der Waals surface area contributed by atoms with Gasteiger partial charge in [-0.25, -0.2) is 0 Å². The number of nitrogens with zero attached hydrogens (tertiary/aromatic N) is 1. The van der Waals surface area contributed by atoms with E-state index in [1.54, 1.807) is 12.4 Å². The minimum absolute atomic E-state index is 0.440. The van der Waals surface area contributed by atoms with Gasteiger partial charge in [0.25, 0.3) is 0 Å². The molecule has 0 spiro atoms. The van der Waals surface area contributed by atoms with Gasteiger partial charge in [0, 0.05) is 18.0 Å². The van der Waals surface area contributed by atoms with Gasteiger partial charge in [0.1, 0.15) is 0 Å². The molecule has 1 aromatic heterocycles. The Morgan fingerprint density at radius 3 is 2.77 bits per heavy atom. The van der Waals surface area contributed by atoms with Gasteiger partial charge in [-0.15, -0.1) is 0 Å². The van der Waals surface area contributed by atoms with Crippen LogP contribution in [0.4, 0.5) is 0 Å². The molecule has 0 aromatic carbocycles. The molecule has 1 aromatic rings. The van der Waals surface area contributed by atoms with Crippen molar-refractivity contribution in [2.24, 2.45) is 5.92 Å². The third-order valence-electron chi connectivity index (χ3n) is 2.96. The molecule has 1 unspecified atom stereocenters.